The van der Waals surface area contributed by atoms with Crippen LogP contribution in [-0.4, -0.2) is 45.7 Å². The SMILES string of the molecule is CC(C)SC([S-])=C([S-])SC(C)C.CC(C)SC([S-])=C([S-])SC(C)C.CC(C)SC([S-])=C([S-])SC(C)C.COc1ccc(C([S-])=C([S-])c2ccc(OC)cc2)cc1.Cc1ccc(C([S-])=C([S-])c2ccc(C)cc2)cc1.Cc1ccc(C([S-])=C([S-])c2ccc(C)cc2)cc1.[Ni].[Ni].[Ni]. The average molecular weight is 1730 g/mol. The molecule has 95 heavy (non-hydrogen) atoms. The minimum absolute atomic E-state index is 0. The molecule has 0 N–H and O–H groups in total. The van der Waals surface area contributed by atoms with E-state index in [1.165, 1.54) is 22.3 Å². The Balaban J connectivity index is -0.00000108. The molecule has 0 bridgehead atoms. The molecule has 0 atom stereocenters. The third-order valence-corrected chi connectivity index (χ3v) is 24.0. The van der Waals surface area contributed by atoms with Crippen molar-refractivity contribution < 1.29 is 58.9 Å². The number of aryl methyl sites for hydroxylation is 4. The molecule has 0 heterocycles. The monoisotopic (exact) mass is 1730 g/mol. The van der Waals surface area contributed by atoms with Crippen molar-refractivity contribution in [2.75, 3.05) is 14.2 Å². The first-order valence-corrected chi connectivity index (χ1v) is 39.3. The molecule has 0 unspecified atom stereocenters. The van der Waals surface area contributed by atoms with E-state index in [-0.39, 0.29) is 49.5 Å². The van der Waals surface area contributed by atoms with Gasteiger partial charge in [-0.3, -0.25) is 0 Å². The van der Waals surface area contributed by atoms with E-state index in [0.717, 1.165) is 89.9 Å². The first-order valence-electron chi connectivity index (χ1n) is 29.2. The molecular formula is C72H84Ni3O2S18-12. The zero-order chi connectivity index (χ0) is 69.9. The van der Waals surface area contributed by atoms with Crippen molar-refractivity contribution in [3.8, 4) is 11.5 Å². The van der Waals surface area contributed by atoms with E-state index in [1.54, 1.807) is 84.8 Å². The fourth-order valence-corrected chi connectivity index (χ4v) is 16.5. The first-order chi connectivity index (χ1) is 43.1. The summed E-state index contributed by atoms with van der Waals surface area (Å²) in [6.45, 7) is 33.7. The predicted octanol–water partition coefficient (Wildman–Crippen LogP) is 22.5. The van der Waals surface area contributed by atoms with Crippen molar-refractivity contribution in [1.29, 1.82) is 0 Å². The Labute approximate surface area is 696 Å². The Kier molecular flexibility index (Phi) is 56.4. The Morgan fingerprint density at radius 2 is 0.347 bits per heavy atom. The summed E-state index contributed by atoms with van der Waals surface area (Å²) >= 11 is 73.8. The molecule has 0 aliphatic rings. The number of ether oxygens (including phenoxy) is 2. The molecular weight excluding hydrogens is 1650 g/mol. The van der Waals surface area contributed by atoms with Crippen LogP contribution in [0.2, 0.25) is 0 Å². The van der Waals surface area contributed by atoms with Gasteiger partial charge in [0.05, 0.1) is 14.2 Å². The number of hydrogen-bond donors (Lipinski definition) is 0. The second-order valence-electron chi connectivity index (χ2n) is 21.6. The summed E-state index contributed by atoms with van der Waals surface area (Å²) in [7, 11) is 3.27. The van der Waals surface area contributed by atoms with Gasteiger partial charge >= 0.3 is 0 Å². The second-order valence-corrected chi connectivity index (χ2v) is 37.6. The van der Waals surface area contributed by atoms with Crippen LogP contribution in [0.1, 0.15) is 139 Å². The Morgan fingerprint density at radius 1 is 0.232 bits per heavy atom. The summed E-state index contributed by atoms with van der Waals surface area (Å²) in [4.78, 5) is 4.30. The first kappa shape index (κ1) is 98.8. The number of methoxy groups -OCH3 is 2. The van der Waals surface area contributed by atoms with E-state index in [4.69, 9.17) is 161 Å². The van der Waals surface area contributed by atoms with Gasteiger partial charge in [-0.2, -0.15) is 125 Å². The Morgan fingerprint density at radius 3 is 0.453 bits per heavy atom. The normalized spacial score (nSPS) is 12.3. The van der Waals surface area contributed by atoms with E-state index >= 15 is 0 Å². The van der Waals surface area contributed by atoms with E-state index in [0.29, 0.717) is 41.3 Å². The van der Waals surface area contributed by atoms with E-state index in [9.17, 15) is 0 Å². The molecule has 0 saturated carbocycles. The van der Waals surface area contributed by atoms with Crippen molar-refractivity contribution in [2.45, 2.75) is 142 Å². The second kappa shape index (κ2) is 54.3. The summed E-state index contributed by atoms with van der Waals surface area (Å²) in [6.07, 6.45) is 0. The topological polar surface area (TPSA) is 18.5 Å². The zero-order valence-electron chi connectivity index (χ0n) is 56.4. The van der Waals surface area contributed by atoms with Crippen LogP contribution in [0.15, 0.2) is 171 Å². The van der Waals surface area contributed by atoms with Crippen LogP contribution >= 0.6 is 70.6 Å². The van der Waals surface area contributed by atoms with Gasteiger partial charge in [-0.25, -0.2) is 0 Å². The molecule has 0 amide bonds. The predicted molar refractivity (Wildman–Crippen MR) is 457 cm³/mol. The van der Waals surface area contributed by atoms with Gasteiger partial charge in [0.2, 0.25) is 0 Å². The summed E-state index contributed by atoms with van der Waals surface area (Å²) in [5.41, 5.74) is 10.8. The summed E-state index contributed by atoms with van der Waals surface area (Å²) in [5, 5.41) is 3.18. The van der Waals surface area contributed by atoms with Crippen molar-refractivity contribution in [1.82, 2.24) is 0 Å². The summed E-state index contributed by atoms with van der Waals surface area (Å²) in [6, 6.07) is 47.8. The minimum Gasteiger partial charge on any atom is -0.781 e. The molecule has 6 rings (SSSR count). The summed E-state index contributed by atoms with van der Waals surface area (Å²) in [5.74, 6) is 1.60. The largest absolute Gasteiger partial charge is 0.781 e. The maximum atomic E-state index is 5.46. The van der Waals surface area contributed by atoms with Crippen LogP contribution in [0.25, 0.3) is 29.4 Å². The average Bonchev–Trinajstić information content (AvgIpc) is 0.887. The molecule has 0 spiro atoms. The van der Waals surface area contributed by atoms with Crippen LogP contribution in [0, 0.1) is 27.7 Å². The van der Waals surface area contributed by atoms with Gasteiger partial charge in [-0.1, -0.05) is 227 Å². The van der Waals surface area contributed by atoms with Gasteiger partial charge in [-0.05, 0) is 85.3 Å². The standard InChI is InChI=1S/C16H16O2S2.2C16H16S2.3C8H16S4.3Ni/c1-17-13-7-3-11(4-8-13)15(19)16(20)12-5-9-14(18-2)10-6-12;2*1-11-3-7-13(8-4-11)15(17)16(18)14-9-5-12(2)6-10-14;3*1-5(2)11-7(9)8(10)12-6(3)4;;;/h3-10,19-20H,1-2H3;2*3-10,17-18H,1-2H3;3*5-6,9-10H,1-4H3;;;/p-12. The van der Waals surface area contributed by atoms with E-state index in [2.05, 4.69) is 159 Å². The van der Waals surface area contributed by atoms with E-state index in [1.807, 2.05) is 97.1 Å². The van der Waals surface area contributed by atoms with Gasteiger partial charge in [0.15, 0.2) is 0 Å². The van der Waals surface area contributed by atoms with Crippen molar-refractivity contribution >= 4 is 252 Å². The van der Waals surface area contributed by atoms with Crippen molar-refractivity contribution in [3.63, 3.8) is 0 Å². The van der Waals surface area contributed by atoms with Crippen LogP contribution < -0.4 is 9.47 Å². The zero-order valence-corrected chi connectivity index (χ0v) is 74.1. The van der Waals surface area contributed by atoms with Gasteiger partial charge in [0.1, 0.15) is 11.5 Å². The summed E-state index contributed by atoms with van der Waals surface area (Å²) < 4.78 is 15.5. The molecule has 0 radical (unpaired) electrons. The molecule has 0 aliphatic carbocycles. The van der Waals surface area contributed by atoms with Gasteiger partial charge in [0.25, 0.3) is 0 Å². The van der Waals surface area contributed by atoms with Crippen LogP contribution in [-0.2, 0) is 201 Å². The molecule has 6 aromatic carbocycles. The molecule has 2 nitrogen and oxygen atoms in total. The molecule has 0 saturated heterocycles. The van der Waals surface area contributed by atoms with Gasteiger partial charge in [-0.15, -0.1) is 0 Å². The van der Waals surface area contributed by atoms with E-state index < -0.39 is 0 Å². The molecule has 534 valence electrons. The van der Waals surface area contributed by atoms with Crippen molar-refractivity contribution in [3.05, 3.63) is 227 Å². The van der Waals surface area contributed by atoms with Crippen LogP contribution in [0.4, 0.5) is 0 Å². The Bertz CT molecular complexity index is 2890. The molecule has 6 aromatic rings. The third kappa shape index (κ3) is 42.7. The molecule has 0 aliphatic heterocycles. The van der Waals surface area contributed by atoms with Crippen molar-refractivity contribution in [2.24, 2.45) is 0 Å². The minimum atomic E-state index is 0. The third-order valence-electron chi connectivity index (χ3n) is 11.1. The number of thioether (sulfide) groups is 6. The van der Waals surface area contributed by atoms with Crippen LogP contribution in [0.5, 0.6) is 11.5 Å². The van der Waals surface area contributed by atoms with Gasteiger partial charge < -0.3 is 161 Å². The fourth-order valence-electron chi connectivity index (χ4n) is 6.66. The molecule has 23 heteroatoms. The Hall–Kier alpha value is -0.419. The fraction of sp³-hybridized carbons (Fsp3) is 0.333. The number of hydrogen-bond acceptors (Lipinski definition) is 20. The molecule has 0 aromatic heterocycles. The smallest absolute Gasteiger partial charge is 0.118 e. The number of rotatable bonds is 20. The maximum Gasteiger partial charge on any atom is 0.118 e. The number of benzene rings is 6. The van der Waals surface area contributed by atoms with Gasteiger partial charge in [0, 0.05) is 81.0 Å². The maximum absolute atomic E-state index is 5.46. The molecule has 0 fully saturated rings. The van der Waals surface area contributed by atoms with Crippen LogP contribution in [0.3, 0.4) is 0 Å². The quantitative estimate of drug-likeness (QED) is 0.0410.